The summed E-state index contributed by atoms with van der Waals surface area (Å²) in [4.78, 5) is 14.0. The Labute approximate surface area is 141 Å². The van der Waals surface area contributed by atoms with Crippen LogP contribution < -0.4 is 5.32 Å². The van der Waals surface area contributed by atoms with E-state index >= 15 is 0 Å². The van der Waals surface area contributed by atoms with Crippen LogP contribution >= 0.6 is 12.4 Å². The fraction of sp³-hybridized carbons (Fsp3) is 0.562. The number of halogens is 3. The van der Waals surface area contributed by atoms with Crippen LogP contribution in [-0.4, -0.2) is 36.7 Å². The summed E-state index contributed by atoms with van der Waals surface area (Å²) in [6.07, 6.45) is 2.18. The van der Waals surface area contributed by atoms with E-state index in [0.717, 1.165) is 44.5 Å². The summed E-state index contributed by atoms with van der Waals surface area (Å²) >= 11 is 0. The minimum Gasteiger partial charge on any atom is -0.444 e. The van der Waals surface area contributed by atoms with Crippen LogP contribution in [0.3, 0.4) is 0 Å². The lowest BCUT2D eigenvalue weighted by Gasteiger charge is -2.33. The molecule has 1 saturated heterocycles. The molecule has 1 amide bonds. The third kappa shape index (κ3) is 5.62. The topological polar surface area (TPSA) is 41.6 Å². The monoisotopic (exact) mass is 348 g/mol. The Morgan fingerprint density at radius 3 is 2.65 bits per heavy atom. The first kappa shape index (κ1) is 19.6. The molecule has 0 unspecified atom stereocenters. The van der Waals surface area contributed by atoms with Gasteiger partial charge in [-0.1, -0.05) is 6.92 Å². The van der Waals surface area contributed by atoms with E-state index in [1.54, 1.807) is 4.90 Å². The van der Waals surface area contributed by atoms with Crippen LogP contribution in [0.15, 0.2) is 18.2 Å². The number of carbonyl (C=O) groups excluding carboxylic acids is 1. The number of nitrogens with zero attached hydrogens (tertiary/aromatic N) is 1. The molecule has 1 N–H and O–H groups in total. The van der Waals surface area contributed by atoms with Crippen molar-refractivity contribution < 1.29 is 18.3 Å². The van der Waals surface area contributed by atoms with Gasteiger partial charge < -0.3 is 15.0 Å². The molecule has 0 bridgehead atoms. The number of amides is 1. The van der Waals surface area contributed by atoms with Crippen LogP contribution in [0.2, 0.25) is 0 Å². The summed E-state index contributed by atoms with van der Waals surface area (Å²) in [7, 11) is 0. The lowest BCUT2D eigenvalue weighted by Crippen LogP contribution is -2.46. The lowest BCUT2D eigenvalue weighted by molar-refractivity contribution is 0.0727. The van der Waals surface area contributed by atoms with Gasteiger partial charge in [0.25, 0.3) is 0 Å². The molecule has 1 heterocycles. The predicted octanol–water partition coefficient (Wildman–Crippen LogP) is 3.49. The summed E-state index contributed by atoms with van der Waals surface area (Å²) in [6, 6.07) is 3.40. The Hall–Kier alpha value is -1.40. The molecular formula is C16H23ClF2N2O2. The van der Waals surface area contributed by atoms with Crippen LogP contribution in [0.5, 0.6) is 0 Å². The van der Waals surface area contributed by atoms with Crippen molar-refractivity contribution in [2.45, 2.75) is 38.8 Å². The summed E-state index contributed by atoms with van der Waals surface area (Å²) in [5.74, 6) is -1.34. The summed E-state index contributed by atoms with van der Waals surface area (Å²) in [6.45, 7) is 4.20. The molecule has 0 aromatic heterocycles. The van der Waals surface area contributed by atoms with Gasteiger partial charge in [0.05, 0.1) is 0 Å². The van der Waals surface area contributed by atoms with Crippen LogP contribution in [0, 0.1) is 11.6 Å². The maximum absolute atomic E-state index is 13.6. The molecule has 0 radical (unpaired) electrons. The predicted molar refractivity (Wildman–Crippen MR) is 86.7 cm³/mol. The molecule has 1 aromatic rings. The summed E-state index contributed by atoms with van der Waals surface area (Å²) < 4.78 is 31.6. The molecule has 1 aliphatic rings. The van der Waals surface area contributed by atoms with E-state index in [2.05, 4.69) is 5.32 Å². The van der Waals surface area contributed by atoms with Crippen LogP contribution in [0.25, 0.3) is 0 Å². The van der Waals surface area contributed by atoms with Crippen LogP contribution in [-0.2, 0) is 11.3 Å². The zero-order valence-corrected chi connectivity index (χ0v) is 14.0. The van der Waals surface area contributed by atoms with Crippen LogP contribution in [0.4, 0.5) is 13.6 Å². The molecule has 7 heteroatoms. The molecule has 130 valence electrons. The Morgan fingerprint density at radius 2 is 2.04 bits per heavy atom. The Morgan fingerprint density at radius 1 is 1.35 bits per heavy atom. The van der Waals surface area contributed by atoms with Gasteiger partial charge in [-0.2, -0.15) is 0 Å². The second-order valence-electron chi connectivity index (χ2n) is 5.46. The Balaban J connectivity index is 0.00000264. The number of nitrogens with one attached hydrogen (secondary N) is 1. The standard InChI is InChI=1S/C16H22F2N2O2.ClH/c1-2-9-20(14-5-7-19-8-6-14)16(21)22-11-12-3-4-13(17)10-15(12)18;/h3-4,10,14,19H,2,5-9,11H2,1H3;1H. The van der Waals surface area contributed by atoms with Crippen molar-refractivity contribution >= 4 is 18.5 Å². The molecule has 1 aliphatic heterocycles. The zero-order chi connectivity index (χ0) is 15.9. The zero-order valence-electron chi connectivity index (χ0n) is 13.2. The first-order valence-corrected chi connectivity index (χ1v) is 7.70. The third-order valence-corrected chi connectivity index (χ3v) is 3.81. The van der Waals surface area contributed by atoms with Crippen LogP contribution in [0.1, 0.15) is 31.7 Å². The van der Waals surface area contributed by atoms with E-state index in [0.29, 0.717) is 6.54 Å². The van der Waals surface area contributed by atoms with Gasteiger partial charge in [0.2, 0.25) is 0 Å². The minimum absolute atomic E-state index is 0. The third-order valence-electron chi connectivity index (χ3n) is 3.81. The molecule has 1 aromatic carbocycles. The van der Waals surface area contributed by atoms with Gasteiger partial charge in [-0.3, -0.25) is 0 Å². The highest BCUT2D eigenvalue weighted by Crippen LogP contribution is 2.16. The number of benzene rings is 1. The van der Waals surface area contributed by atoms with Crippen molar-refractivity contribution in [2.24, 2.45) is 0 Å². The van der Waals surface area contributed by atoms with E-state index in [-0.39, 0.29) is 30.6 Å². The maximum atomic E-state index is 13.6. The Kier molecular flexibility index (Phi) is 8.26. The van der Waals surface area contributed by atoms with E-state index < -0.39 is 17.7 Å². The second-order valence-corrected chi connectivity index (χ2v) is 5.46. The SMILES string of the molecule is CCCN(C(=O)OCc1ccc(F)cc1F)C1CCNCC1.Cl. The fourth-order valence-electron chi connectivity index (χ4n) is 2.64. The minimum atomic E-state index is -0.697. The fourth-order valence-corrected chi connectivity index (χ4v) is 2.64. The molecule has 1 fully saturated rings. The Bertz CT molecular complexity index is 511. The average molecular weight is 349 g/mol. The second kappa shape index (κ2) is 9.67. The van der Waals surface area contributed by atoms with Gasteiger partial charge in [-0.15, -0.1) is 12.4 Å². The molecule has 4 nitrogen and oxygen atoms in total. The normalized spacial score (nSPS) is 14.9. The van der Waals surface area contributed by atoms with Crippen molar-refractivity contribution in [3.8, 4) is 0 Å². The number of rotatable bonds is 5. The molecule has 0 saturated carbocycles. The van der Waals surface area contributed by atoms with Crippen molar-refractivity contribution in [1.82, 2.24) is 10.2 Å². The number of hydrogen-bond donors (Lipinski definition) is 1. The van der Waals surface area contributed by atoms with Crippen molar-refractivity contribution in [3.05, 3.63) is 35.4 Å². The summed E-state index contributed by atoms with van der Waals surface area (Å²) in [5.41, 5.74) is 0.177. The van der Waals surface area contributed by atoms with Gasteiger partial charge in [-0.05, 0) is 44.5 Å². The van der Waals surface area contributed by atoms with Crippen molar-refractivity contribution in [2.75, 3.05) is 19.6 Å². The van der Waals surface area contributed by atoms with Crippen molar-refractivity contribution in [3.63, 3.8) is 0 Å². The largest absolute Gasteiger partial charge is 0.444 e. The molecule has 2 rings (SSSR count). The number of hydrogen-bond acceptors (Lipinski definition) is 3. The van der Waals surface area contributed by atoms with Gasteiger partial charge >= 0.3 is 6.09 Å². The van der Waals surface area contributed by atoms with Crippen molar-refractivity contribution in [1.29, 1.82) is 0 Å². The average Bonchev–Trinajstić information content (AvgIpc) is 2.52. The number of carbonyl (C=O) groups is 1. The highest BCUT2D eigenvalue weighted by molar-refractivity contribution is 5.85. The molecular weight excluding hydrogens is 326 g/mol. The summed E-state index contributed by atoms with van der Waals surface area (Å²) in [5, 5.41) is 3.26. The first-order chi connectivity index (χ1) is 10.6. The molecule has 0 spiro atoms. The van der Waals surface area contributed by atoms with Gasteiger partial charge in [0.15, 0.2) is 0 Å². The van der Waals surface area contributed by atoms with E-state index in [9.17, 15) is 13.6 Å². The van der Waals surface area contributed by atoms with Gasteiger partial charge in [0, 0.05) is 24.2 Å². The maximum Gasteiger partial charge on any atom is 0.410 e. The van der Waals surface area contributed by atoms with E-state index in [1.165, 1.54) is 6.07 Å². The molecule has 0 atom stereocenters. The van der Waals surface area contributed by atoms with E-state index in [1.807, 2.05) is 6.92 Å². The first-order valence-electron chi connectivity index (χ1n) is 7.70. The van der Waals surface area contributed by atoms with Gasteiger partial charge in [-0.25, -0.2) is 13.6 Å². The quantitative estimate of drug-likeness (QED) is 0.885. The molecule has 0 aliphatic carbocycles. The van der Waals surface area contributed by atoms with Gasteiger partial charge in [0.1, 0.15) is 18.2 Å². The number of piperidine rings is 1. The number of ether oxygens (including phenoxy) is 1. The highest BCUT2D eigenvalue weighted by Gasteiger charge is 2.25. The highest BCUT2D eigenvalue weighted by atomic mass is 35.5. The van der Waals surface area contributed by atoms with E-state index in [4.69, 9.17) is 4.74 Å². The molecule has 23 heavy (non-hydrogen) atoms. The lowest BCUT2D eigenvalue weighted by atomic mass is 10.1. The smallest absolute Gasteiger partial charge is 0.410 e.